The normalized spacial score (nSPS) is 21.1. The lowest BCUT2D eigenvalue weighted by Crippen LogP contribution is -2.28. The van der Waals surface area contributed by atoms with Gasteiger partial charge in [-0.1, -0.05) is 36.4 Å². The zero-order valence-electron chi connectivity index (χ0n) is 22.4. The Balaban J connectivity index is 1.27. The van der Waals surface area contributed by atoms with Crippen LogP contribution in [-0.2, 0) is 14.3 Å². The zero-order valence-corrected chi connectivity index (χ0v) is 22.4. The maximum Gasteiger partial charge on any atom is 0.276 e. The number of carbonyl (C=O) groups is 2. The molecule has 0 aromatic heterocycles. The first-order chi connectivity index (χ1) is 19.3. The molecular formula is C31H27N5O4. The molecule has 0 saturated heterocycles. The van der Waals surface area contributed by atoms with E-state index in [2.05, 4.69) is 14.8 Å². The van der Waals surface area contributed by atoms with E-state index in [1.54, 1.807) is 19.1 Å². The van der Waals surface area contributed by atoms with E-state index in [4.69, 9.17) is 11.3 Å². The van der Waals surface area contributed by atoms with Gasteiger partial charge in [-0.3, -0.25) is 9.59 Å². The first kappa shape index (κ1) is 26.6. The van der Waals surface area contributed by atoms with Crippen LogP contribution in [0.4, 0.5) is 5.69 Å². The number of Topliss-reactive ketones (excluding diaryl/α,β-unsaturated/α-hetero) is 1. The lowest BCUT2D eigenvalue weighted by molar-refractivity contribution is -0.125. The Labute approximate surface area is 232 Å². The smallest absolute Gasteiger partial charge is 0.276 e. The van der Waals surface area contributed by atoms with E-state index in [9.17, 15) is 20.0 Å². The molecule has 9 nitrogen and oxygen atoms in total. The molecule has 0 spiro atoms. The molecule has 1 heterocycles. The molecule has 0 saturated carbocycles. The van der Waals surface area contributed by atoms with Crippen LogP contribution in [0.15, 0.2) is 76.2 Å². The van der Waals surface area contributed by atoms with Crippen LogP contribution in [0.1, 0.15) is 43.1 Å². The molecule has 2 aromatic carbocycles. The van der Waals surface area contributed by atoms with Crippen LogP contribution >= 0.6 is 0 Å². The molecule has 200 valence electrons. The van der Waals surface area contributed by atoms with Gasteiger partial charge in [0.25, 0.3) is 11.6 Å². The fourth-order valence-corrected chi connectivity index (χ4v) is 5.43. The number of allylic oxidation sites excluding steroid dienone is 3. The third-order valence-electron chi connectivity index (χ3n) is 7.46. The van der Waals surface area contributed by atoms with E-state index in [1.807, 2.05) is 49.4 Å². The van der Waals surface area contributed by atoms with E-state index in [0.29, 0.717) is 30.8 Å². The van der Waals surface area contributed by atoms with Crippen LogP contribution in [0, 0.1) is 17.9 Å². The summed E-state index contributed by atoms with van der Waals surface area (Å²) in [7, 11) is 1.51. The molecule has 0 radical (unpaired) electrons. The highest BCUT2D eigenvalue weighted by molar-refractivity contribution is 6.43. The maximum atomic E-state index is 12.9. The third-order valence-corrected chi connectivity index (χ3v) is 7.46. The van der Waals surface area contributed by atoms with Gasteiger partial charge in [0.15, 0.2) is 0 Å². The van der Waals surface area contributed by atoms with E-state index in [0.717, 1.165) is 33.9 Å². The number of anilines is 1. The van der Waals surface area contributed by atoms with Crippen molar-refractivity contribution in [3.05, 3.63) is 99.2 Å². The number of aliphatic hydroxyl groups is 1. The van der Waals surface area contributed by atoms with Gasteiger partial charge < -0.3 is 14.7 Å². The van der Waals surface area contributed by atoms with E-state index in [-0.39, 0.29) is 40.1 Å². The molecule has 0 bridgehead atoms. The van der Waals surface area contributed by atoms with Crippen LogP contribution in [0.3, 0.4) is 0 Å². The van der Waals surface area contributed by atoms with Gasteiger partial charge in [0.05, 0.1) is 47.8 Å². The van der Waals surface area contributed by atoms with Gasteiger partial charge in [-0.25, -0.2) is 15.1 Å². The molecule has 1 N–H and O–H groups in total. The first-order valence-corrected chi connectivity index (χ1v) is 12.9. The van der Waals surface area contributed by atoms with Gasteiger partial charge >= 0.3 is 0 Å². The molecular weight excluding hydrogens is 506 g/mol. The van der Waals surface area contributed by atoms with Crippen LogP contribution < -0.4 is 4.90 Å². The number of amides is 1. The van der Waals surface area contributed by atoms with Gasteiger partial charge in [-0.15, -0.1) is 0 Å². The van der Waals surface area contributed by atoms with Gasteiger partial charge in [0.2, 0.25) is 5.78 Å². The Morgan fingerprint density at radius 2 is 1.93 bits per heavy atom. The number of nitrogens with zero attached hydrogens (tertiary/aromatic N) is 5. The SMILES string of the molecule is [C-]#[N+]/C(C#N)=C1\CC(OCCN(CC)c2ccc(C3=C(O)C(=C4C(=O)N(C)N=C4C)C3=O)cc2)c2ccccc21. The van der Waals surface area contributed by atoms with Crippen molar-refractivity contribution in [2.45, 2.75) is 26.4 Å². The zero-order chi connectivity index (χ0) is 28.6. The molecule has 0 fully saturated rings. The van der Waals surface area contributed by atoms with Gasteiger partial charge in [0.1, 0.15) is 5.76 Å². The molecule has 5 rings (SSSR count). The summed E-state index contributed by atoms with van der Waals surface area (Å²) >= 11 is 0. The van der Waals surface area contributed by atoms with Crippen molar-refractivity contribution >= 4 is 34.2 Å². The number of ketones is 1. The summed E-state index contributed by atoms with van der Waals surface area (Å²) in [6.07, 6.45) is 0.268. The third kappa shape index (κ3) is 4.37. The lowest BCUT2D eigenvalue weighted by Gasteiger charge is -2.26. The summed E-state index contributed by atoms with van der Waals surface area (Å²) in [6.45, 7) is 12.8. The quantitative estimate of drug-likeness (QED) is 0.310. The predicted octanol–water partition coefficient (Wildman–Crippen LogP) is 4.82. The van der Waals surface area contributed by atoms with Crippen molar-refractivity contribution in [1.29, 1.82) is 5.26 Å². The number of ether oxygens (including phenoxy) is 1. The number of aliphatic hydroxyl groups excluding tert-OH is 1. The summed E-state index contributed by atoms with van der Waals surface area (Å²) in [4.78, 5) is 30.8. The molecule has 1 unspecified atom stereocenters. The predicted molar refractivity (Wildman–Crippen MR) is 151 cm³/mol. The molecule has 40 heavy (non-hydrogen) atoms. The number of fused-ring (bicyclic) bond motifs is 1. The number of likely N-dealkylation sites (N-methyl/N-ethyl adjacent to an activating group) is 2. The van der Waals surface area contributed by atoms with Gasteiger partial charge in [-0.05, 0) is 54.7 Å². The first-order valence-electron chi connectivity index (χ1n) is 12.9. The summed E-state index contributed by atoms with van der Waals surface area (Å²) < 4.78 is 6.24. The highest BCUT2D eigenvalue weighted by Gasteiger charge is 2.42. The minimum absolute atomic E-state index is 0.0202. The van der Waals surface area contributed by atoms with Crippen molar-refractivity contribution in [1.82, 2.24) is 5.01 Å². The van der Waals surface area contributed by atoms with Crippen LogP contribution in [0.2, 0.25) is 0 Å². The fraction of sp³-hybridized carbons (Fsp3) is 0.258. The van der Waals surface area contributed by atoms with Crippen LogP contribution in [0.25, 0.3) is 16.0 Å². The van der Waals surface area contributed by atoms with E-state index >= 15 is 0 Å². The number of carbonyl (C=O) groups excluding carboxylic acids is 2. The van der Waals surface area contributed by atoms with Crippen molar-refractivity contribution in [3.8, 4) is 6.07 Å². The second-order valence-electron chi connectivity index (χ2n) is 9.65. The van der Waals surface area contributed by atoms with Crippen molar-refractivity contribution < 1.29 is 19.4 Å². The van der Waals surface area contributed by atoms with Crippen LogP contribution in [0.5, 0.6) is 0 Å². The summed E-state index contributed by atoms with van der Waals surface area (Å²) in [5, 5.41) is 25.3. The number of nitriles is 1. The molecule has 1 aliphatic heterocycles. The molecule has 1 amide bonds. The Bertz CT molecular complexity index is 1620. The Hall–Kier alpha value is -4.99. The summed E-state index contributed by atoms with van der Waals surface area (Å²) in [6, 6.07) is 17.1. The average molecular weight is 534 g/mol. The van der Waals surface area contributed by atoms with Gasteiger partial charge in [0, 0.05) is 25.8 Å². The standard InChI is InChI=1S/C31H27N5O4/c1-5-36(14-15-40-25-16-23(24(17-32)33-3)21-8-6-7-9-22(21)25)20-12-10-19(11-13-20)27-29(37)28(30(27)38)26-18(2)34-35(4)31(26)39/h6-13,25,37H,5,14-16H2,1-2,4H3/b24-23+,28-26?. The Morgan fingerprint density at radius 3 is 2.52 bits per heavy atom. The summed E-state index contributed by atoms with van der Waals surface area (Å²) in [5.74, 6) is -0.968. The molecule has 9 heteroatoms. The Morgan fingerprint density at radius 1 is 1.20 bits per heavy atom. The number of hydrogen-bond acceptors (Lipinski definition) is 7. The maximum absolute atomic E-state index is 12.9. The second kappa shape index (κ2) is 10.6. The van der Waals surface area contributed by atoms with Crippen molar-refractivity contribution in [2.24, 2.45) is 5.10 Å². The summed E-state index contributed by atoms with van der Waals surface area (Å²) in [5.41, 5.74) is 4.99. The minimum Gasteiger partial charge on any atom is -0.506 e. The fourth-order valence-electron chi connectivity index (χ4n) is 5.43. The average Bonchev–Trinajstić information content (AvgIpc) is 3.44. The second-order valence-corrected chi connectivity index (χ2v) is 9.65. The number of rotatable bonds is 7. The molecule has 3 aliphatic rings. The Kier molecular flexibility index (Phi) is 7.08. The topological polar surface area (TPSA) is 111 Å². The highest BCUT2D eigenvalue weighted by Crippen LogP contribution is 2.43. The number of hydrazone groups is 1. The van der Waals surface area contributed by atoms with Crippen molar-refractivity contribution in [2.75, 3.05) is 31.6 Å². The van der Waals surface area contributed by atoms with Crippen LogP contribution in [-0.4, -0.2) is 54.3 Å². The molecule has 2 aliphatic carbocycles. The van der Waals surface area contributed by atoms with Crippen molar-refractivity contribution in [3.63, 3.8) is 0 Å². The van der Waals surface area contributed by atoms with E-state index in [1.165, 1.54) is 7.05 Å². The number of hydrogen-bond donors (Lipinski definition) is 1. The molecule has 1 atom stereocenters. The number of benzene rings is 2. The monoisotopic (exact) mass is 533 g/mol. The van der Waals surface area contributed by atoms with E-state index < -0.39 is 5.91 Å². The van der Waals surface area contributed by atoms with Gasteiger partial charge in [-0.2, -0.15) is 5.10 Å². The lowest BCUT2D eigenvalue weighted by atomic mass is 9.80. The highest BCUT2D eigenvalue weighted by atomic mass is 16.5. The minimum atomic E-state index is -0.409. The largest absolute Gasteiger partial charge is 0.506 e. The molecule has 2 aromatic rings.